The molecule has 1 aliphatic carbocycles. The van der Waals surface area contributed by atoms with Gasteiger partial charge in [-0.25, -0.2) is 4.98 Å². The van der Waals surface area contributed by atoms with Gasteiger partial charge in [0.2, 0.25) is 5.95 Å². The molecule has 2 aromatic rings. The number of hydrogen-bond donors (Lipinski definition) is 1. The van der Waals surface area contributed by atoms with Gasteiger partial charge in [-0.15, -0.1) is 0 Å². The van der Waals surface area contributed by atoms with Crippen LogP contribution in [0, 0.1) is 18.8 Å². The molecule has 2 heterocycles. The summed E-state index contributed by atoms with van der Waals surface area (Å²) in [6.45, 7) is 5.64. The van der Waals surface area contributed by atoms with Crippen LogP contribution in [0.5, 0.6) is 0 Å². The normalized spacial score (nSPS) is 24.6. The summed E-state index contributed by atoms with van der Waals surface area (Å²) in [5, 5.41) is 10.6. The van der Waals surface area contributed by atoms with Gasteiger partial charge in [-0.3, -0.25) is 9.36 Å². The monoisotopic (exact) mass is 299 g/mol. The van der Waals surface area contributed by atoms with Gasteiger partial charge in [0, 0.05) is 25.7 Å². The van der Waals surface area contributed by atoms with Gasteiger partial charge in [0.05, 0.1) is 17.0 Å². The second-order valence-corrected chi connectivity index (χ2v) is 6.86. The number of anilines is 1. The molecule has 116 valence electrons. The minimum atomic E-state index is -0.637. The van der Waals surface area contributed by atoms with Gasteiger partial charge < -0.3 is 10.0 Å². The number of rotatable bonds is 2. The van der Waals surface area contributed by atoms with Gasteiger partial charge in [-0.1, -0.05) is 6.07 Å². The first-order valence-corrected chi connectivity index (χ1v) is 7.90. The summed E-state index contributed by atoms with van der Waals surface area (Å²) in [5.74, 6) is 2.29. The van der Waals surface area contributed by atoms with Crippen molar-refractivity contribution in [3.05, 3.63) is 33.6 Å². The van der Waals surface area contributed by atoms with E-state index >= 15 is 0 Å². The second-order valence-electron chi connectivity index (χ2n) is 6.86. The predicted octanol–water partition coefficient (Wildman–Crippen LogP) is 1.75. The maximum Gasteiger partial charge on any atom is 0.262 e. The van der Waals surface area contributed by atoms with Crippen molar-refractivity contribution in [3.63, 3.8) is 0 Å². The largest absolute Gasteiger partial charge is 0.389 e. The van der Waals surface area contributed by atoms with Crippen LogP contribution in [0.2, 0.25) is 0 Å². The molecule has 3 unspecified atom stereocenters. The van der Waals surface area contributed by atoms with Gasteiger partial charge in [-0.05, 0) is 43.7 Å². The Labute approximate surface area is 129 Å². The van der Waals surface area contributed by atoms with Crippen LogP contribution in [0.3, 0.4) is 0 Å². The van der Waals surface area contributed by atoms with Crippen molar-refractivity contribution >= 4 is 16.9 Å². The SMILES string of the molecule is Cc1cc(C(C)O)c2nc(N3CC4CC4C3)n(C)c(=O)c2c1. The Hall–Kier alpha value is -1.88. The van der Waals surface area contributed by atoms with E-state index in [1.54, 1.807) is 18.5 Å². The van der Waals surface area contributed by atoms with Crippen molar-refractivity contribution in [1.82, 2.24) is 9.55 Å². The predicted molar refractivity (Wildman–Crippen MR) is 86.2 cm³/mol. The summed E-state index contributed by atoms with van der Waals surface area (Å²) in [4.78, 5) is 19.7. The van der Waals surface area contributed by atoms with Gasteiger partial charge in [0.1, 0.15) is 0 Å². The van der Waals surface area contributed by atoms with Crippen molar-refractivity contribution in [3.8, 4) is 0 Å². The molecule has 2 aliphatic rings. The molecule has 0 amide bonds. The highest BCUT2D eigenvalue weighted by Gasteiger charge is 2.46. The summed E-state index contributed by atoms with van der Waals surface area (Å²) in [7, 11) is 1.79. The molecule has 1 saturated carbocycles. The molecule has 3 atom stereocenters. The zero-order valence-corrected chi connectivity index (χ0v) is 13.2. The zero-order valence-electron chi connectivity index (χ0n) is 13.2. The Balaban J connectivity index is 1.95. The Bertz CT molecular complexity index is 815. The van der Waals surface area contributed by atoms with Crippen LogP contribution in [0.25, 0.3) is 10.9 Å². The van der Waals surface area contributed by atoms with E-state index in [9.17, 15) is 9.90 Å². The molecule has 5 nitrogen and oxygen atoms in total. The number of piperidine rings is 1. The Morgan fingerprint density at radius 3 is 2.64 bits per heavy atom. The molecule has 5 heteroatoms. The highest BCUT2D eigenvalue weighted by molar-refractivity contribution is 5.83. The molecule has 4 rings (SSSR count). The maximum atomic E-state index is 12.7. The quantitative estimate of drug-likeness (QED) is 0.918. The van der Waals surface area contributed by atoms with E-state index in [-0.39, 0.29) is 5.56 Å². The fraction of sp³-hybridized carbons (Fsp3) is 0.529. The highest BCUT2D eigenvalue weighted by Crippen LogP contribution is 2.45. The average molecular weight is 299 g/mol. The van der Waals surface area contributed by atoms with Crippen LogP contribution in [-0.2, 0) is 7.05 Å². The molecule has 22 heavy (non-hydrogen) atoms. The van der Waals surface area contributed by atoms with Gasteiger partial charge in [-0.2, -0.15) is 0 Å². The number of aliphatic hydroxyl groups excluding tert-OH is 1. The van der Waals surface area contributed by atoms with E-state index < -0.39 is 6.10 Å². The molecular weight excluding hydrogens is 278 g/mol. The molecule has 1 aromatic carbocycles. The van der Waals surface area contributed by atoms with E-state index in [0.717, 1.165) is 42.0 Å². The van der Waals surface area contributed by atoms with Crippen molar-refractivity contribution in [2.75, 3.05) is 18.0 Å². The fourth-order valence-corrected chi connectivity index (χ4v) is 3.70. The zero-order chi connectivity index (χ0) is 15.6. The molecule has 1 aromatic heterocycles. The van der Waals surface area contributed by atoms with Gasteiger partial charge in [0.15, 0.2) is 0 Å². The number of aromatic nitrogens is 2. The maximum absolute atomic E-state index is 12.7. The van der Waals surface area contributed by atoms with Crippen LogP contribution in [0.1, 0.15) is 30.6 Å². The molecule has 1 aliphatic heterocycles. The first-order valence-electron chi connectivity index (χ1n) is 7.90. The molecule has 0 bridgehead atoms. The Kier molecular flexibility index (Phi) is 2.85. The van der Waals surface area contributed by atoms with Crippen molar-refractivity contribution in [2.24, 2.45) is 18.9 Å². The van der Waals surface area contributed by atoms with Crippen molar-refractivity contribution in [2.45, 2.75) is 26.4 Å². The molecule has 2 fully saturated rings. The lowest BCUT2D eigenvalue weighted by Gasteiger charge is -2.22. The van der Waals surface area contributed by atoms with E-state index in [1.807, 2.05) is 19.1 Å². The standard InChI is InChI=1S/C17H21N3O2/c1-9-4-13(10(2)21)15-14(5-9)16(22)19(3)17(18-15)20-7-11-6-12(11)8-20/h4-5,10-12,21H,6-8H2,1-3H3. The van der Waals surface area contributed by atoms with Crippen LogP contribution in [0.15, 0.2) is 16.9 Å². The van der Waals surface area contributed by atoms with E-state index in [1.165, 1.54) is 6.42 Å². The summed E-state index contributed by atoms with van der Waals surface area (Å²) in [6, 6.07) is 3.78. The number of hydrogen-bond acceptors (Lipinski definition) is 4. The molecule has 0 spiro atoms. The lowest BCUT2D eigenvalue weighted by molar-refractivity contribution is 0.200. The fourth-order valence-electron chi connectivity index (χ4n) is 3.70. The summed E-state index contributed by atoms with van der Waals surface area (Å²) >= 11 is 0. The third kappa shape index (κ3) is 1.96. The lowest BCUT2D eigenvalue weighted by Crippen LogP contribution is -2.31. The lowest BCUT2D eigenvalue weighted by atomic mass is 10.0. The van der Waals surface area contributed by atoms with E-state index in [2.05, 4.69) is 4.90 Å². The second kappa shape index (κ2) is 4.56. The number of aryl methyl sites for hydroxylation is 1. The Morgan fingerprint density at radius 2 is 2.00 bits per heavy atom. The van der Waals surface area contributed by atoms with Gasteiger partial charge in [0.25, 0.3) is 5.56 Å². The van der Waals surface area contributed by atoms with Crippen LogP contribution < -0.4 is 10.5 Å². The third-order valence-corrected chi connectivity index (χ3v) is 5.04. The average Bonchev–Trinajstić information content (AvgIpc) is 3.08. The molecule has 0 radical (unpaired) electrons. The summed E-state index contributed by atoms with van der Waals surface area (Å²) < 4.78 is 1.65. The van der Waals surface area contributed by atoms with E-state index in [4.69, 9.17) is 4.98 Å². The van der Waals surface area contributed by atoms with Crippen molar-refractivity contribution < 1.29 is 5.11 Å². The summed E-state index contributed by atoms with van der Waals surface area (Å²) in [6.07, 6.45) is 0.678. The molecule has 1 N–H and O–H groups in total. The number of nitrogens with zero attached hydrogens (tertiary/aromatic N) is 3. The topological polar surface area (TPSA) is 58.4 Å². The third-order valence-electron chi connectivity index (χ3n) is 5.04. The molecular formula is C17H21N3O2. The first-order chi connectivity index (χ1) is 10.5. The van der Waals surface area contributed by atoms with Crippen molar-refractivity contribution in [1.29, 1.82) is 0 Å². The molecule has 1 saturated heterocycles. The van der Waals surface area contributed by atoms with Crippen LogP contribution >= 0.6 is 0 Å². The number of benzene rings is 1. The minimum absolute atomic E-state index is 0.0360. The van der Waals surface area contributed by atoms with Crippen LogP contribution in [-0.4, -0.2) is 27.7 Å². The van der Waals surface area contributed by atoms with E-state index in [0.29, 0.717) is 10.9 Å². The number of fused-ring (bicyclic) bond motifs is 2. The summed E-state index contributed by atoms with van der Waals surface area (Å²) in [5.41, 5.74) is 2.31. The van der Waals surface area contributed by atoms with Crippen LogP contribution in [0.4, 0.5) is 5.95 Å². The van der Waals surface area contributed by atoms with Gasteiger partial charge >= 0.3 is 0 Å². The number of aliphatic hydroxyl groups is 1. The smallest absolute Gasteiger partial charge is 0.262 e. The highest BCUT2D eigenvalue weighted by atomic mass is 16.3. The first kappa shape index (κ1) is 13.8. The minimum Gasteiger partial charge on any atom is -0.389 e. The Morgan fingerprint density at radius 1 is 1.32 bits per heavy atom.